The SMILES string of the molecule is C[C@@H](OC(=O)Nc1c(-c2ccc(NC(=O)C3C4COCC43)cn2)nnn1C)c1cccnc1Cl. The molecule has 11 nitrogen and oxygen atoms in total. The van der Waals surface area contributed by atoms with Crippen LogP contribution in [0.25, 0.3) is 11.4 Å². The third-order valence-corrected chi connectivity index (χ3v) is 6.40. The van der Waals surface area contributed by atoms with E-state index in [1.165, 1.54) is 4.68 Å². The molecule has 0 bridgehead atoms. The molecule has 3 aromatic rings. The molecule has 0 radical (unpaired) electrons. The molecular weight excluding hydrogens is 462 g/mol. The van der Waals surface area contributed by atoms with Crippen LogP contribution >= 0.6 is 11.6 Å². The maximum absolute atomic E-state index is 12.5. The number of halogens is 1. The minimum atomic E-state index is -0.707. The molecule has 34 heavy (non-hydrogen) atoms. The third-order valence-electron chi connectivity index (χ3n) is 6.09. The van der Waals surface area contributed by atoms with E-state index in [0.29, 0.717) is 53.5 Å². The summed E-state index contributed by atoms with van der Waals surface area (Å²) in [6.07, 6.45) is 1.78. The van der Waals surface area contributed by atoms with Gasteiger partial charge in [0.05, 0.1) is 30.8 Å². The average molecular weight is 484 g/mol. The number of fused-ring (bicyclic) bond motifs is 1. The normalized spacial score (nSPS) is 21.4. The van der Waals surface area contributed by atoms with E-state index in [0.717, 1.165) is 0 Å². The van der Waals surface area contributed by atoms with Crippen molar-refractivity contribution in [3.8, 4) is 11.4 Å². The number of amides is 2. The second kappa shape index (κ2) is 8.99. The number of aryl methyl sites for hydroxylation is 1. The number of pyridine rings is 2. The highest BCUT2D eigenvalue weighted by Crippen LogP contribution is 2.51. The lowest BCUT2D eigenvalue weighted by Crippen LogP contribution is -2.19. The van der Waals surface area contributed by atoms with E-state index in [-0.39, 0.29) is 17.0 Å². The third kappa shape index (κ3) is 4.31. The van der Waals surface area contributed by atoms with Crippen LogP contribution in [0.15, 0.2) is 36.7 Å². The quantitative estimate of drug-likeness (QED) is 0.511. The summed E-state index contributed by atoms with van der Waals surface area (Å²) in [6, 6.07) is 6.88. The van der Waals surface area contributed by atoms with Crippen molar-refractivity contribution < 1.29 is 19.1 Å². The van der Waals surface area contributed by atoms with Gasteiger partial charge in [0.2, 0.25) is 5.91 Å². The predicted molar refractivity (Wildman–Crippen MR) is 122 cm³/mol. The van der Waals surface area contributed by atoms with Gasteiger partial charge in [-0.3, -0.25) is 15.1 Å². The fourth-order valence-electron chi connectivity index (χ4n) is 4.18. The number of hydrogen-bond acceptors (Lipinski definition) is 8. The molecule has 1 aliphatic carbocycles. The highest BCUT2D eigenvalue weighted by atomic mass is 35.5. The van der Waals surface area contributed by atoms with Crippen LogP contribution in [-0.2, 0) is 21.3 Å². The van der Waals surface area contributed by atoms with Gasteiger partial charge in [-0.2, -0.15) is 0 Å². The lowest BCUT2D eigenvalue weighted by Gasteiger charge is -2.15. The van der Waals surface area contributed by atoms with Crippen LogP contribution in [0, 0.1) is 17.8 Å². The van der Waals surface area contributed by atoms with Crippen molar-refractivity contribution in [1.29, 1.82) is 0 Å². The number of nitrogens with zero attached hydrogens (tertiary/aromatic N) is 5. The van der Waals surface area contributed by atoms with E-state index in [4.69, 9.17) is 21.1 Å². The summed E-state index contributed by atoms with van der Waals surface area (Å²) >= 11 is 6.08. The minimum absolute atomic E-state index is 0.0131. The molecular formula is C22H22ClN7O4. The van der Waals surface area contributed by atoms with Gasteiger partial charge < -0.3 is 14.8 Å². The Morgan fingerprint density at radius 2 is 2.00 bits per heavy atom. The van der Waals surface area contributed by atoms with Gasteiger partial charge in [-0.15, -0.1) is 5.10 Å². The van der Waals surface area contributed by atoms with Crippen LogP contribution < -0.4 is 10.6 Å². The second-order valence-electron chi connectivity index (χ2n) is 8.28. The fraction of sp³-hybridized carbons (Fsp3) is 0.364. The molecule has 2 N–H and O–H groups in total. The zero-order chi connectivity index (χ0) is 23.8. The highest BCUT2D eigenvalue weighted by Gasteiger charge is 2.57. The Bertz CT molecular complexity index is 1220. The van der Waals surface area contributed by atoms with Gasteiger partial charge in [-0.25, -0.2) is 14.5 Å². The molecule has 12 heteroatoms. The molecule has 2 unspecified atom stereocenters. The monoisotopic (exact) mass is 483 g/mol. The zero-order valence-corrected chi connectivity index (χ0v) is 19.2. The summed E-state index contributed by atoms with van der Waals surface area (Å²) in [4.78, 5) is 33.3. The van der Waals surface area contributed by atoms with Gasteiger partial charge in [0.15, 0.2) is 11.5 Å². The number of carbonyl (C=O) groups excluding carboxylic acids is 2. The van der Waals surface area contributed by atoms with Crippen molar-refractivity contribution in [3.63, 3.8) is 0 Å². The number of nitrogens with one attached hydrogen (secondary N) is 2. The molecule has 0 aromatic carbocycles. The largest absolute Gasteiger partial charge is 0.441 e. The summed E-state index contributed by atoms with van der Waals surface area (Å²) in [7, 11) is 1.64. The molecule has 2 amide bonds. The molecule has 3 aromatic heterocycles. The molecule has 2 aliphatic rings. The van der Waals surface area contributed by atoms with E-state index in [1.54, 1.807) is 50.6 Å². The molecule has 1 saturated heterocycles. The zero-order valence-electron chi connectivity index (χ0n) is 18.4. The first kappa shape index (κ1) is 22.2. The van der Waals surface area contributed by atoms with E-state index in [9.17, 15) is 9.59 Å². The summed E-state index contributed by atoms with van der Waals surface area (Å²) in [6.45, 7) is 3.00. The van der Waals surface area contributed by atoms with Crippen molar-refractivity contribution in [3.05, 3.63) is 47.4 Å². The van der Waals surface area contributed by atoms with Crippen molar-refractivity contribution in [2.75, 3.05) is 23.8 Å². The number of carbonyl (C=O) groups is 2. The molecule has 1 aliphatic heterocycles. The lowest BCUT2D eigenvalue weighted by atomic mass is 10.2. The first-order chi connectivity index (χ1) is 16.4. The van der Waals surface area contributed by atoms with Crippen molar-refractivity contribution >= 4 is 35.1 Å². The van der Waals surface area contributed by atoms with E-state index < -0.39 is 12.2 Å². The summed E-state index contributed by atoms with van der Waals surface area (Å²) < 4.78 is 12.2. The van der Waals surface area contributed by atoms with Crippen molar-refractivity contribution in [1.82, 2.24) is 25.0 Å². The molecule has 1 saturated carbocycles. The predicted octanol–water partition coefficient (Wildman–Crippen LogP) is 3.07. The first-order valence-electron chi connectivity index (χ1n) is 10.7. The minimum Gasteiger partial charge on any atom is -0.441 e. The molecule has 2 fully saturated rings. The maximum atomic E-state index is 12.5. The standard InChI is InChI=1S/C22H22ClN7O4/c1-11(13-4-3-7-24-19(13)23)34-22(32)27-20-18(28-29-30(20)2)16-6-5-12(8-25-16)26-21(31)17-14-9-33-10-15(14)17/h3-8,11,14-15,17H,9-10H2,1-2H3,(H,26,31)(H,27,32)/t11-,14?,15?,17?/m1/s1. The Hall–Kier alpha value is -3.57. The number of anilines is 2. The summed E-state index contributed by atoms with van der Waals surface area (Å²) in [5.41, 5.74) is 2.00. The highest BCUT2D eigenvalue weighted by molar-refractivity contribution is 6.30. The molecule has 4 heterocycles. The molecule has 0 spiro atoms. The summed E-state index contributed by atoms with van der Waals surface area (Å²) in [5, 5.41) is 13.9. The van der Waals surface area contributed by atoms with Gasteiger partial charge in [-0.05, 0) is 37.0 Å². The number of aromatic nitrogens is 5. The maximum Gasteiger partial charge on any atom is 0.413 e. The van der Waals surface area contributed by atoms with Gasteiger partial charge in [0, 0.05) is 24.7 Å². The van der Waals surface area contributed by atoms with Crippen molar-refractivity contribution in [2.24, 2.45) is 24.8 Å². The number of ether oxygens (including phenoxy) is 2. The fourth-order valence-corrected chi connectivity index (χ4v) is 4.46. The van der Waals surface area contributed by atoms with Crippen molar-refractivity contribution in [2.45, 2.75) is 13.0 Å². The van der Waals surface area contributed by atoms with Gasteiger partial charge in [-0.1, -0.05) is 22.9 Å². The molecule has 5 rings (SSSR count). The van der Waals surface area contributed by atoms with Crippen LogP contribution in [-0.4, -0.2) is 50.2 Å². The smallest absolute Gasteiger partial charge is 0.413 e. The van der Waals surface area contributed by atoms with E-state index in [2.05, 4.69) is 30.9 Å². The summed E-state index contributed by atoms with van der Waals surface area (Å²) in [5.74, 6) is 0.971. The van der Waals surface area contributed by atoms with Crippen LogP contribution in [0.2, 0.25) is 5.15 Å². The Morgan fingerprint density at radius 1 is 1.21 bits per heavy atom. The van der Waals surface area contributed by atoms with E-state index in [1.807, 2.05) is 0 Å². The Balaban J connectivity index is 1.24. The van der Waals surface area contributed by atoms with Crippen LogP contribution in [0.4, 0.5) is 16.3 Å². The molecule has 3 atom stereocenters. The van der Waals surface area contributed by atoms with E-state index >= 15 is 0 Å². The molecule has 176 valence electrons. The van der Waals surface area contributed by atoms with Gasteiger partial charge in [0.25, 0.3) is 0 Å². The Labute approximate surface area is 199 Å². The van der Waals surface area contributed by atoms with Crippen LogP contribution in [0.5, 0.6) is 0 Å². The topological polar surface area (TPSA) is 133 Å². The lowest BCUT2D eigenvalue weighted by molar-refractivity contribution is -0.118. The van der Waals surface area contributed by atoms with Gasteiger partial charge >= 0.3 is 6.09 Å². The first-order valence-corrected chi connectivity index (χ1v) is 11.1. The second-order valence-corrected chi connectivity index (χ2v) is 8.64. The number of hydrogen-bond donors (Lipinski definition) is 2. The van der Waals surface area contributed by atoms with Crippen LogP contribution in [0.1, 0.15) is 18.6 Å². The van der Waals surface area contributed by atoms with Crippen LogP contribution in [0.3, 0.4) is 0 Å². The average Bonchev–Trinajstić information content (AvgIpc) is 3.10. The van der Waals surface area contributed by atoms with Gasteiger partial charge in [0.1, 0.15) is 11.3 Å². The Kier molecular flexibility index (Phi) is 5.88. The Morgan fingerprint density at radius 3 is 2.71 bits per heavy atom. The number of rotatable bonds is 6.